The van der Waals surface area contributed by atoms with E-state index in [1.54, 1.807) is 11.4 Å². The average molecular weight is 445 g/mol. The first-order valence-corrected chi connectivity index (χ1v) is 10.7. The summed E-state index contributed by atoms with van der Waals surface area (Å²) in [6, 6.07) is 1.19. The highest BCUT2D eigenvalue weighted by Gasteiger charge is 2.52. The van der Waals surface area contributed by atoms with Crippen molar-refractivity contribution in [3.05, 3.63) is 20.1 Å². The number of amides is 4. The summed E-state index contributed by atoms with van der Waals surface area (Å²) in [5, 5.41) is 7.49. The van der Waals surface area contributed by atoms with Gasteiger partial charge in [-0.3, -0.25) is 14.5 Å². The van der Waals surface area contributed by atoms with Gasteiger partial charge >= 0.3 is 6.03 Å². The summed E-state index contributed by atoms with van der Waals surface area (Å²) in [5.41, 5.74) is 0.477. The number of hydrogen-bond acceptors (Lipinski definition) is 6. The Hall–Kier alpha value is -1.68. The topological polar surface area (TPSA) is 91.4 Å². The molecule has 0 radical (unpaired) electrons. The summed E-state index contributed by atoms with van der Waals surface area (Å²) in [7, 11) is 0. The maximum atomic E-state index is 12.6. The predicted molar refractivity (Wildman–Crippen MR) is 106 cm³/mol. The number of urea groups is 1. The van der Waals surface area contributed by atoms with Gasteiger partial charge in [0.15, 0.2) is 5.13 Å². The second-order valence-electron chi connectivity index (χ2n) is 6.43. The van der Waals surface area contributed by atoms with Crippen molar-refractivity contribution in [2.24, 2.45) is 0 Å². The van der Waals surface area contributed by atoms with E-state index < -0.39 is 17.5 Å². The molecule has 7 nitrogen and oxygen atoms in total. The molecule has 2 aliphatic rings. The van der Waals surface area contributed by atoms with Crippen LogP contribution in [0.3, 0.4) is 0 Å². The lowest BCUT2D eigenvalue weighted by molar-refractivity contribution is -0.133. The minimum atomic E-state index is -0.819. The molecule has 1 aliphatic heterocycles. The molecule has 2 fully saturated rings. The van der Waals surface area contributed by atoms with Gasteiger partial charge in [0, 0.05) is 10.9 Å². The summed E-state index contributed by atoms with van der Waals surface area (Å²) < 4.78 is 1.07. The standard InChI is InChI=1S/C16H14Cl2N4O3S2/c17-10-5-8(12(18)27-10)9-7-26-14(19-9)20-11(23)6-22-13(24)16(21-15(22)25)3-1-2-4-16/h5,7H,1-4,6H2,(H,21,25)(H,19,20,23). The fourth-order valence-corrected chi connectivity index (χ4v) is 5.62. The molecule has 0 bridgehead atoms. The van der Waals surface area contributed by atoms with Gasteiger partial charge in [0.1, 0.15) is 16.4 Å². The summed E-state index contributed by atoms with van der Waals surface area (Å²) in [6.45, 7) is -0.341. The van der Waals surface area contributed by atoms with Gasteiger partial charge in [-0.25, -0.2) is 9.78 Å². The number of thiophene rings is 1. The quantitative estimate of drug-likeness (QED) is 0.697. The summed E-state index contributed by atoms with van der Waals surface area (Å²) in [5.74, 6) is -0.802. The third kappa shape index (κ3) is 3.44. The number of carbonyl (C=O) groups is 3. The summed E-state index contributed by atoms with van der Waals surface area (Å²) in [6.07, 6.45) is 3.03. The normalized spacial score (nSPS) is 18.4. The fraction of sp³-hybridized carbons (Fsp3) is 0.375. The molecule has 11 heteroatoms. The van der Waals surface area contributed by atoms with Gasteiger partial charge in [-0.2, -0.15) is 0 Å². The monoisotopic (exact) mass is 444 g/mol. The number of thiazole rings is 1. The van der Waals surface area contributed by atoms with Crippen LogP contribution in [0.4, 0.5) is 9.93 Å². The van der Waals surface area contributed by atoms with Crippen LogP contribution in [0.25, 0.3) is 11.3 Å². The second kappa shape index (κ2) is 7.05. The maximum Gasteiger partial charge on any atom is 0.325 e. The third-order valence-corrected chi connectivity index (χ3v) is 6.93. The Bertz CT molecular complexity index is 936. The van der Waals surface area contributed by atoms with E-state index in [0.29, 0.717) is 37.9 Å². The number of anilines is 1. The molecule has 3 heterocycles. The first-order chi connectivity index (χ1) is 12.9. The van der Waals surface area contributed by atoms with E-state index in [2.05, 4.69) is 15.6 Å². The molecule has 2 aromatic rings. The van der Waals surface area contributed by atoms with Crippen molar-refractivity contribution in [3.8, 4) is 11.3 Å². The zero-order valence-corrected chi connectivity index (χ0v) is 17.0. The van der Waals surface area contributed by atoms with Crippen LogP contribution in [0.1, 0.15) is 25.7 Å². The highest BCUT2D eigenvalue weighted by molar-refractivity contribution is 7.20. The van der Waals surface area contributed by atoms with Crippen LogP contribution in [0.2, 0.25) is 8.67 Å². The lowest BCUT2D eigenvalue weighted by Gasteiger charge is -2.19. The minimum absolute atomic E-state index is 0.320. The van der Waals surface area contributed by atoms with Crippen molar-refractivity contribution in [3.63, 3.8) is 0 Å². The molecule has 0 aromatic carbocycles. The van der Waals surface area contributed by atoms with Crippen molar-refractivity contribution in [1.29, 1.82) is 0 Å². The van der Waals surface area contributed by atoms with Crippen LogP contribution in [0.15, 0.2) is 11.4 Å². The van der Waals surface area contributed by atoms with Crippen LogP contribution in [0, 0.1) is 0 Å². The van der Waals surface area contributed by atoms with Crippen LogP contribution in [-0.2, 0) is 9.59 Å². The highest BCUT2D eigenvalue weighted by atomic mass is 35.5. The van der Waals surface area contributed by atoms with Crippen LogP contribution >= 0.6 is 45.9 Å². The minimum Gasteiger partial charge on any atom is -0.323 e. The number of nitrogens with zero attached hydrogens (tertiary/aromatic N) is 2. The molecular weight excluding hydrogens is 431 g/mol. The van der Waals surface area contributed by atoms with Gasteiger partial charge in [-0.1, -0.05) is 36.0 Å². The van der Waals surface area contributed by atoms with Gasteiger partial charge in [0.05, 0.1) is 10.0 Å². The molecule has 4 rings (SSSR count). The highest BCUT2D eigenvalue weighted by Crippen LogP contribution is 2.39. The Morgan fingerprint density at radius 2 is 2.07 bits per heavy atom. The maximum absolute atomic E-state index is 12.6. The Labute approximate surface area is 172 Å². The Balaban J connectivity index is 1.42. The second-order valence-corrected chi connectivity index (χ2v) is 9.58. The molecule has 2 N–H and O–H groups in total. The number of carbonyl (C=O) groups excluding carboxylic acids is 3. The van der Waals surface area contributed by atoms with E-state index in [0.717, 1.165) is 17.7 Å². The van der Waals surface area contributed by atoms with Gasteiger partial charge in [0.25, 0.3) is 5.91 Å². The molecular formula is C16H14Cl2N4O3S2. The number of imide groups is 1. The summed E-state index contributed by atoms with van der Waals surface area (Å²) in [4.78, 5) is 42.3. The molecule has 0 atom stereocenters. The van der Waals surface area contributed by atoms with Crippen molar-refractivity contribution < 1.29 is 14.4 Å². The molecule has 1 saturated heterocycles. The van der Waals surface area contributed by atoms with E-state index >= 15 is 0 Å². The van der Waals surface area contributed by atoms with E-state index in [1.165, 1.54) is 22.7 Å². The molecule has 27 heavy (non-hydrogen) atoms. The van der Waals surface area contributed by atoms with E-state index in [4.69, 9.17) is 23.2 Å². The lowest BCUT2D eigenvalue weighted by Crippen LogP contribution is -2.44. The Morgan fingerprint density at radius 1 is 1.33 bits per heavy atom. The van der Waals surface area contributed by atoms with Gasteiger partial charge < -0.3 is 10.6 Å². The van der Waals surface area contributed by atoms with Crippen molar-refractivity contribution in [2.75, 3.05) is 11.9 Å². The molecule has 1 spiro atoms. The molecule has 1 aliphatic carbocycles. The first kappa shape index (κ1) is 18.7. The third-order valence-electron chi connectivity index (χ3n) is 4.69. The Morgan fingerprint density at radius 3 is 2.74 bits per heavy atom. The zero-order valence-electron chi connectivity index (χ0n) is 13.9. The largest absolute Gasteiger partial charge is 0.325 e. The molecule has 142 valence electrons. The van der Waals surface area contributed by atoms with E-state index in [9.17, 15) is 14.4 Å². The van der Waals surface area contributed by atoms with E-state index in [-0.39, 0.29) is 12.5 Å². The zero-order chi connectivity index (χ0) is 19.2. The molecule has 4 amide bonds. The summed E-state index contributed by atoms with van der Waals surface area (Å²) >= 11 is 14.5. The smallest absolute Gasteiger partial charge is 0.323 e. The van der Waals surface area contributed by atoms with E-state index in [1.807, 2.05) is 0 Å². The van der Waals surface area contributed by atoms with Gasteiger partial charge in [0.2, 0.25) is 5.91 Å². The number of aromatic nitrogens is 1. The first-order valence-electron chi connectivity index (χ1n) is 8.23. The molecule has 0 unspecified atom stereocenters. The predicted octanol–water partition coefficient (Wildman–Crippen LogP) is 3.98. The number of halogens is 2. The van der Waals surface area contributed by atoms with Crippen molar-refractivity contribution >= 4 is 68.9 Å². The average Bonchev–Trinajstić information content (AvgIpc) is 3.36. The van der Waals surface area contributed by atoms with Crippen LogP contribution < -0.4 is 10.6 Å². The van der Waals surface area contributed by atoms with Gasteiger partial charge in [-0.05, 0) is 18.9 Å². The van der Waals surface area contributed by atoms with Crippen LogP contribution in [-0.4, -0.2) is 39.8 Å². The Kier molecular flexibility index (Phi) is 4.87. The lowest BCUT2D eigenvalue weighted by atomic mass is 9.98. The molecule has 2 aromatic heterocycles. The van der Waals surface area contributed by atoms with Crippen molar-refractivity contribution in [2.45, 2.75) is 31.2 Å². The van der Waals surface area contributed by atoms with Gasteiger partial charge in [-0.15, -0.1) is 22.7 Å². The fourth-order valence-electron chi connectivity index (χ4n) is 3.41. The molecule has 1 saturated carbocycles. The number of nitrogens with one attached hydrogen (secondary N) is 2. The number of rotatable bonds is 4. The SMILES string of the molecule is O=C(CN1C(=O)NC2(CCCC2)C1=O)Nc1nc(-c2cc(Cl)sc2Cl)cs1. The number of hydrogen-bond donors (Lipinski definition) is 2. The van der Waals surface area contributed by atoms with Crippen LogP contribution in [0.5, 0.6) is 0 Å². The van der Waals surface area contributed by atoms with Crippen molar-refractivity contribution in [1.82, 2.24) is 15.2 Å².